The highest BCUT2D eigenvalue weighted by Crippen LogP contribution is 2.34. The van der Waals surface area contributed by atoms with Crippen molar-refractivity contribution in [2.45, 2.75) is 26.7 Å². The fourth-order valence-electron chi connectivity index (χ4n) is 1.28. The minimum Gasteiger partial charge on any atom is -0.369 e. The number of hydrogen-bond acceptors (Lipinski definition) is 2. The molecule has 1 unspecified atom stereocenters. The van der Waals surface area contributed by atoms with Crippen molar-refractivity contribution in [3.05, 3.63) is 30.1 Å². The highest BCUT2D eigenvalue weighted by Gasteiger charge is 2.32. The molecule has 1 rings (SSSR count). The standard InChI is InChI=1S/C11H16N2O/c1-8(11(2,3)10(12)14)9-4-6-13-7-5-9/h4-8H,1-3H3,(H2,12,14). The fourth-order valence-corrected chi connectivity index (χ4v) is 1.28. The summed E-state index contributed by atoms with van der Waals surface area (Å²) in [5, 5.41) is 0. The van der Waals surface area contributed by atoms with Gasteiger partial charge in [0.15, 0.2) is 0 Å². The Bertz CT molecular complexity index is 319. The molecule has 0 radical (unpaired) electrons. The molecule has 3 nitrogen and oxygen atoms in total. The normalized spacial score (nSPS) is 13.6. The number of hydrogen-bond donors (Lipinski definition) is 1. The Morgan fingerprint density at radius 3 is 2.36 bits per heavy atom. The van der Waals surface area contributed by atoms with Gasteiger partial charge in [0.2, 0.25) is 5.91 Å². The Morgan fingerprint density at radius 1 is 1.43 bits per heavy atom. The van der Waals surface area contributed by atoms with Gasteiger partial charge in [0, 0.05) is 17.8 Å². The molecule has 0 bridgehead atoms. The lowest BCUT2D eigenvalue weighted by Crippen LogP contribution is -2.35. The van der Waals surface area contributed by atoms with Gasteiger partial charge in [-0.25, -0.2) is 0 Å². The molecule has 0 saturated carbocycles. The molecule has 1 atom stereocenters. The summed E-state index contributed by atoms with van der Waals surface area (Å²) in [4.78, 5) is 15.2. The van der Waals surface area contributed by atoms with Crippen LogP contribution in [0.3, 0.4) is 0 Å². The van der Waals surface area contributed by atoms with Crippen LogP contribution in [0.5, 0.6) is 0 Å². The van der Waals surface area contributed by atoms with Gasteiger partial charge in [0.05, 0.1) is 0 Å². The van der Waals surface area contributed by atoms with E-state index in [2.05, 4.69) is 4.98 Å². The predicted octanol–water partition coefficient (Wildman–Crippen LogP) is 1.70. The maximum atomic E-state index is 11.2. The van der Waals surface area contributed by atoms with E-state index in [1.54, 1.807) is 12.4 Å². The van der Waals surface area contributed by atoms with Crippen molar-refractivity contribution in [2.24, 2.45) is 11.1 Å². The predicted molar refractivity (Wildman–Crippen MR) is 55.6 cm³/mol. The quantitative estimate of drug-likeness (QED) is 0.792. The van der Waals surface area contributed by atoms with Crippen LogP contribution in [0, 0.1) is 5.41 Å². The molecule has 0 fully saturated rings. The van der Waals surface area contributed by atoms with E-state index < -0.39 is 5.41 Å². The summed E-state index contributed by atoms with van der Waals surface area (Å²) in [6, 6.07) is 3.82. The minimum absolute atomic E-state index is 0.1000. The first-order valence-electron chi connectivity index (χ1n) is 4.66. The van der Waals surface area contributed by atoms with Gasteiger partial charge in [-0.3, -0.25) is 9.78 Å². The van der Waals surface area contributed by atoms with Crippen molar-refractivity contribution >= 4 is 5.91 Å². The number of primary amides is 1. The Balaban J connectivity index is 2.96. The van der Waals surface area contributed by atoms with Crippen LogP contribution >= 0.6 is 0 Å². The van der Waals surface area contributed by atoms with Gasteiger partial charge in [-0.1, -0.05) is 20.8 Å². The molecule has 76 valence electrons. The first kappa shape index (κ1) is 10.7. The van der Waals surface area contributed by atoms with E-state index in [1.165, 1.54) is 0 Å². The molecule has 1 heterocycles. The Hall–Kier alpha value is -1.38. The number of rotatable bonds is 3. The number of carbonyl (C=O) groups excluding carboxylic acids is 1. The summed E-state index contributed by atoms with van der Waals surface area (Å²) in [6.45, 7) is 5.72. The number of aromatic nitrogens is 1. The first-order chi connectivity index (χ1) is 6.46. The van der Waals surface area contributed by atoms with Gasteiger partial charge in [0.25, 0.3) is 0 Å². The van der Waals surface area contributed by atoms with Crippen LogP contribution in [0.4, 0.5) is 0 Å². The second kappa shape index (κ2) is 3.78. The van der Waals surface area contributed by atoms with Crippen LogP contribution in [0.15, 0.2) is 24.5 Å². The second-order valence-electron chi connectivity index (χ2n) is 4.09. The van der Waals surface area contributed by atoms with E-state index in [1.807, 2.05) is 32.9 Å². The van der Waals surface area contributed by atoms with E-state index >= 15 is 0 Å². The van der Waals surface area contributed by atoms with Crippen molar-refractivity contribution in [3.63, 3.8) is 0 Å². The first-order valence-corrected chi connectivity index (χ1v) is 4.66. The SMILES string of the molecule is CC(c1ccncc1)C(C)(C)C(N)=O. The third-order valence-corrected chi connectivity index (χ3v) is 2.92. The Labute approximate surface area is 84.3 Å². The van der Waals surface area contributed by atoms with Gasteiger partial charge in [-0.05, 0) is 23.6 Å². The third-order valence-electron chi connectivity index (χ3n) is 2.92. The van der Waals surface area contributed by atoms with Crippen molar-refractivity contribution < 1.29 is 4.79 Å². The molecule has 0 spiro atoms. The summed E-state index contributed by atoms with van der Waals surface area (Å²) in [5.41, 5.74) is 5.91. The molecular formula is C11H16N2O. The largest absolute Gasteiger partial charge is 0.369 e. The zero-order chi connectivity index (χ0) is 10.8. The maximum absolute atomic E-state index is 11.2. The van der Waals surface area contributed by atoms with Gasteiger partial charge >= 0.3 is 0 Å². The van der Waals surface area contributed by atoms with Crippen molar-refractivity contribution in [1.82, 2.24) is 4.98 Å². The Kier molecular flexibility index (Phi) is 2.89. The summed E-state index contributed by atoms with van der Waals surface area (Å²) >= 11 is 0. The van der Waals surface area contributed by atoms with E-state index in [9.17, 15) is 4.79 Å². The van der Waals surface area contributed by atoms with E-state index in [-0.39, 0.29) is 11.8 Å². The van der Waals surface area contributed by atoms with E-state index in [0.717, 1.165) is 5.56 Å². The van der Waals surface area contributed by atoms with Crippen LogP contribution < -0.4 is 5.73 Å². The van der Waals surface area contributed by atoms with Crippen molar-refractivity contribution in [2.75, 3.05) is 0 Å². The molecule has 1 amide bonds. The summed E-state index contributed by atoms with van der Waals surface area (Å²) in [7, 11) is 0. The number of pyridine rings is 1. The van der Waals surface area contributed by atoms with Gasteiger partial charge < -0.3 is 5.73 Å². The topological polar surface area (TPSA) is 56.0 Å². The smallest absolute Gasteiger partial charge is 0.223 e. The molecule has 0 aromatic carbocycles. The molecular weight excluding hydrogens is 176 g/mol. The molecule has 1 aromatic rings. The number of nitrogens with zero attached hydrogens (tertiary/aromatic N) is 1. The molecule has 0 aliphatic carbocycles. The van der Waals surface area contributed by atoms with Gasteiger partial charge in [0.1, 0.15) is 0 Å². The minimum atomic E-state index is -0.526. The second-order valence-corrected chi connectivity index (χ2v) is 4.09. The number of amides is 1. The maximum Gasteiger partial charge on any atom is 0.223 e. The fraction of sp³-hybridized carbons (Fsp3) is 0.455. The average Bonchev–Trinajstić information content (AvgIpc) is 2.17. The zero-order valence-corrected chi connectivity index (χ0v) is 8.82. The van der Waals surface area contributed by atoms with Crippen molar-refractivity contribution in [3.8, 4) is 0 Å². The van der Waals surface area contributed by atoms with E-state index in [4.69, 9.17) is 5.73 Å². The number of nitrogens with two attached hydrogens (primary N) is 1. The summed E-state index contributed by atoms with van der Waals surface area (Å²) in [6.07, 6.45) is 3.45. The highest BCUT2D eigenvalue weighted by atomic mass is 16.1. The molecule has 0 aliphatic rings. The van der Waals surface area contributed by atoms with Crippen LogP contribution in [0.25, 0.3) is 0 Å². The molecule has 14 heavy (non-hydrogen) atoms. The van der Waals surface area contributed by atoms with Crippen LogP contribution in [0.1, 0.15) is 32.3 Å². The molecule has 1 aromatic heterocycles. The highest BCUT2D eigenvalue weighted by molar-refractivity contribution is 5.81. The van der Waals surface area contributed by atoms with Gasteiger partial charge in [-0.2, -0.15) is 0 Å². The van der Waals surface area contributed by atoms with E-state index in [0.29, 0.717) is 0 Å². The summed E-state index contributed by atoms with van der Waals surface area (Å²) < 4.78 is 0. The van der Waals surface area contributed by atoms with Crippen LogP contribution in [-0.2, 0) is 4.79 Å². The number of carbonyl (C=O) groups is 1. The lowest BCUT2D eigenvalue weighted by Gasteiger charge is -2.28. The molecule has 2 N–H and O–H groups in total. The van der Waals surface area contributed by atoms with Crippen LogP contribution in [-0.4, -0.2) is 10.9 Å². The molecule has 0 aliphatic heterocycles. The molecule has 3 heteroatoms. The Morgan fingerprint density at radius 2 is 1.93 bits per heavy atom. The third kappa shape index (κ3) is 1.92. The lowest BCUT2D eigenvalue weighted by molar-refractivity contribution is -0.126. The summed E-state index contributed by atoms with van der Waals surface area (Å²) in [5.74, 6) is -0.176. The molecule has 0 saturated heterocycles. The monoisotopic (exact) mass is 192 g/mol. The van der Waals surface area contributed by atoms with Crippen LogP contribution in [0.2, 0.25) is 0 Å². The lowest BCUT2D eigenvalue weighted by atomic mass is 9.76. The average molecular weight is 192 g/mol. The zero-order valence-electron chi connectivity index (χ0n) is 8.82. The van der Waals surface area contributed by atoms with Crippen molar-refractivity contribution in [1.29, 1.82) is 0 Å². The van der Waals surface area contributed by atoms with Gasteiger partial charge in [-0.15, -0.1) is 0 Å².